The van der Waals surface area contributed by atoms with Gasteiger partial charge < -0.3 is 15.2 Å². The number of hydrogen-bond donors (Lipinski definition) is 2. The summed E-state index contributed by atoms with van der Waals surface area (Å²) in [5.41, 5.74) is 0.495. The number of fused-ring (bicyclic) bond motifs is 2. The van der Waals surface area contributed by atoms with Crippen LogP contribution in [0.3, 0.4) is 0 Å². The predicted molar refractivity (Wildman–Crippen MR) is 55.1 cm³/mol. The lowest BCUT2D eigenvalue weighted by Crippen LogP contribution is -2.60. The predicted octanol–water partition coefficient (Wildman–Crippen LogP) is 0.835. The van der Waals surface area contributed by atoms with Crippen LogP contribution in [0.15, 0.2) is 11.6 Å². The first-order valence-corrected chi connectivity index (χ1v) is 5.33. The Kier molecular flexibility index (Phi) is 2.64. The van der Waals surface area contributed by atoms with Crippen LogP contribution in [0.25, 0.3) is 0 Å². The van der Waals surface area contributed by atoms with Gasteiger partial charge in [0, 0.05) is 12.1 Å². The third-order valence-electron chi connectivity index (χ3n) is 3.44. The zero-order valence-corrected chi connectivity index (χ0v) is 8.92. The highest BCUT2D eigenvalue weighted by atomic mass is 16.5. The van der Waals surface area contributed by atoms with Crippen molar-refractivity contribution in [3.05, 3.63) is 11.6 Å². The number of aliphatic hydroxyl groups is 1. The van der Waals surface area contributed by atoms with Gasteiger partial charge in [-0.05, 0) is 32.3 Å². The molecule has 80 valence electrons. The van der Waals surface area contributed by atoms with E-state index in [0.29, 0.717) is 12.1 Å². The molecule has 0 saturated carbocycles. The van der Waals surface area contributed by atoms with Gasteiger partial charge in [0.15, 0.2) is 0 Å². The van der Waals surface area contributed by atoms with Crippen molar-refractivity contribution in [2.75, 3.05) is 13.2 Å². The summed E-state index contributed by atoms with van der Waals surface area (Å²) < 4.78 is 5.45. The van der Waals surface area contributed by atoms with E-state index >= 15 is 0 Å². The molecule has 2 fully saturated rings. The van der Waals surface area contributed by atoms with Crippen molar-refractivity contribution in [1.29, 1.82) is 0 Å². The zero-order chi connectivity index (χ0) is 10.2. The maximum absolute atomic E-state index is 10.5. The van der Waals surface area contributed by atoms with E-state index in [9.17, 15) is 5.11 Å². The summed E-state index contributed by atoms with van der Waals surface area (Å²) in [7, 11) is 0. The number of rotatable bonds is 1. The normalized spacial score (nSPS) is 43.8. The van der Waals surface area contributed by atoms with Gasteiger partial charge in [-0.3, -0.25) is 0 Å². The van der Waals surface area contributed by atoms with Gasteiger partial charge in [0.1, 0.15) is 0 Å². The molecule has 0 aromatic heterocycles. The molecule has 14 heavy (non-hydrogen) atoms. The van der Waals surface area contributed by atoms with E-state index in [2.05, 4.69) is 5.32 Å². The molecule has 2 N–H and O–H groups in total. The van der Waals surface area contributed by atoms with Gasteiger partial charge in [-0.1, -0.05) is 6.08 Å². The molecule has 3 nitrogen and oxygen atoms in total. The second-order valence-electron chi connectivity index (χ2n) is 4.51. The minimum Gasteiger partial charge on any atom is -0.385 e. The van der Waals surface area contributed by atoms with Crippen LogP contribution in [-0.4, -0.2) is 36.0 Å². The highest BCUT2D eigenvalue weighted by Crippen LogP contribution is 2.33. The quantitative estimate of drug-likeness (QED) is 0.612. The first-order valence-electron chi connectivity index (χ1n) is 5.33. The highest BCUT2D eigenvalue weighted by Gasteiger charge is 2.41. The van der Waals surface area contributed by atoms with Crippen molar-refractivity contribution in [2.45, 2.75) is 44.4 Å². The van der Waals surface area contributed by atoms with Crippen molar-refractivity contribution in [3.63, 3.8) is 0 Å². The summed E-state index contributed by atoms with van der Waals surface area (Å²) >= 11 is 0. The molecule has 2 saturated heterocycles. The summed E-state index contributed by atoms with van der Waals surface area (Å²) in [4.78, 5) is 0. The standard InChI is InChI=1S/C11H19NO2/c1-3-8(2)11(13)4-9-6-14-7-10(5-11)12-9/h3,9-10,12-13H,4-7H2,1-2H3. The fraction of sp³-hybridized carbons (Fsp3) is 0.818. The Morgan fingerprint density at radius 2 is 2.00 bits per heavy atom. The fourth-order valence-electron chi connectivity index (χ4n) is 2.51. The Labute approximate surface area is 85.1 Å². The van der Waals surface area contributed by atoms with E-state index in [1.54, 1.807) is 0 Å². The Morgan fingerprint density at radius 1 is 1.43 bits per heavy atom. The van der Waals surface area contributed by atoms with Crippen LogP contribution in [-0.2, 0) is 4.74 Å². The van der Waals surface area contributed by atoms with Gasteiger partial charge in [-0.15, -0.1) is 0 Å². The first kappa shape index (κ1) is 10.1. The Hall–Kier alpha value is -0.380. The molecule has 0 amide bonds. The van der Waals surface area contributed by atoms with Gasteiger partial charge in [0.05, 0.1) is 18.8 Å². The fourth-order valence-corrected chi connectivity index (χ4v) is 2.51. The number of morpholine rings is 1. The molecule has 2 heterocycles. The van der Waals surface area contributed by atoms with E-state index in [1.165, 1.54) is 0 Å². The zero-order valence-electron chi connectivity index (χ0n) is 8.92. The highest BCUT2D eigenvalue weighted by molar-refractivity contribution is 5.17. The molecule has 2 aliphatic rings. The van der Waals surface area contributed by atoms with E-state index < -0.39 is 5.60 Å². The summed E-state index contributed by atoms with van der Waals surface area (Å²) in [5, 5.41) is 14.0. The van der Waals surface area contributed by atoms with Crippen molar-refractivity contribution in [2.24, 2.45) is 0 Å². The molecule has 2 rings (SSSR count). The van der Waals surface area contributed by atoms with Gasteiger partial charge in [-0.25, -0.2) is 0 Å². The smallest absolute Gasteiger partial charge is 0.0885 e. The molecule has 0 spiro atoms. The molecule has 0 aromatic rings. The van der Waals surface area contributed by atoms with Gasteiger partial charge in [0.2, 0.25) is 0 Å². The van der Waals surface area contributed by atoms with Crippen LogP contribution in [0.1, 0.15) is 26.7 Å². The molecule has 0 radical (unpaired) electrons. The maximum atomic E-state index is 10.5. The number of ether oxygens (including phenoxy) is 1. The molecule has 3 heteroatoms. The Balaban J connectivity index is 2.14. The van der Waals surface area contributed by atoms with Crippen LogP contribution < -0.4 is 5.32 Å². The third-order valence-corrected chi connectivity index (χ3v) is 3.44. The lowest BCUT2D eigenvalue weighted by Gasteiger charge is -2.45. The molecule has 0 aliphatic carbocycles. The topological polar surface area (TPSA) is 41.5 Å². The van der Waals surface area contributed by atoms with Crippen molar-refractivity contribution < 1.29 is 9.84 Å². The lowest BCUT2D eigenvalue weighted by atomic mass is 9.78. The number of hydrogen-bond acceptors (Lipinski definition) is 3. The van der Waals surface area contributed by atoms with E-state index in [4.69, 9.17) is 4.74 Å². The number of allylic oxidation sites excluding steroid dienone is 1. The Morgan fingerprint density at radius 3 is 2.50 bits per heavy atom. The van der Waals surface area contributed by atoms with Gasteiger partial charge >= 0.3 is 0 Å². The van der Waals surface area contributed by atoms with Crippen LogP contribution in [0, 0.1) is 0 Å². The van der Waals surface area contributed by atoms with Crippen molar-refractivity contribution >= 4 is 0 Å². The molecule has 2 bridgehead atoms. The molecule has 0 aromatic carbocycles. The van der Waals surface area contributed by atoms with Crippen molar-refractivity contribution in [3.8, 4) is 0 Å². The first-order chi connectivity index (χ1) is 6.64. The lowest BCUT2D eigenvalue weighted by molar-refractivity contribution is -0.0570. The minimum atomic E-state index is -0.598. The molecule has 2 unspecified atom stereocenters. The second-order valence-corrected chi connectivity index (χ2v) is 4.51. The minimum absolute atomic E-state index is 0.322. The SMILES string of the molecule is CC=C(C)C1(O)CC2COCC(C1)N2. The summed E-state index contributed by atoms with van der Waals surface area (Å²) in [5.74, 6) is 0. The molecular formula is C11H19NO2. The monoisotopic (exact) mass is 197 g/mol. The number of nitrogens with one attached hydrogen (secondary N) is 1. The molecule has 2 aliphatic heterocycles. The van der Waals surface area contributed by atoms with E-state index in [-0.39, 0.29) is 0 Å². The van der Waals surface area contributed by atoms with Crippen molar-refractivity contribution in [1.82, 2.24) is 5.32 Å². The maximum Gasteiger partial charge on any atom is 0.0885 e. The Bertz CT molecular complexity index is 238. The average molecular weight is 197 g/mol. The van der Waals surface area contributed by atoms with Crippen LogP contribution >= 0.6 is 0 Å². The third kappa shape index (κ3) is 1.72. The van der Waals surface area contributed by atoms with E-state index in [0.717, 1.165) is 31.6 Å². The number of piperidine rings is 1. The summed E-state index contributed by atoms with van der Waals surface area (Å²) in [6, 6.07) is 0.643. The van der Waals surface area contributed by atoms with Gasteiger partial charge in [-0.2, -0.15) is 0 Å². The second kappa shape index (κ2) is 3.65. The largest absolute Gasteiger partial charge is 0.385 e. The molecular weight excluding hydrogens is 178 g/mol. The summed E-state index contributed by atoms with van der Waals surface area (Å²) in [6.07, 6.45) is 3.57. The van der Waals surface area contributed by atoms with Crippen LogP contribution in [0.5, 0.6) is 0 Å². The molecule has 2 atom stereocenters. The average Bonchev–Trinajstić information content (AvgIpc) is 2.15. The van der Waals surface area contributed by atoms with Gasteiger partial charge in [0.25, 0.3) is 0 Å². The van der Waals surface area contributed by atoms with E-state index in [1.807, 2.05) is 19.9 Å². The van der Waals surface area contributed by atoms with Crippen LogP contribution in [0.4, 0.5) is 0 Å². The summed E-state index contributed by atoms with van der Waals surface area (Å²) in [6.45, 7) is 5.47. The van der Waals surface area contributed by atoms with Crippen LogP contribution in [0.2, 0.25) is 0 Å².